The van der Waals surface area contributed by atoms with Gasteiger partial charge in [-0.2, -0.15) is 4.31 Å². The lowest BCUT2D eigenvalue weighted by Crippen LogP contribution is -2.51. The average molecular weight is 299 g/mol. The Balaban J connectivity index is 2.77. The van der Waals surface area contributed by atoms with Gasteiger partial charge in [-0.15, -0.1) is 0 Å². The van der Waals surface area contributed by atoms with Crippen LogP contribution in [0.2, 0.25) is 0 Å². The summed E-state index contributed by atoms with van der Waals surface area (Å²) in [6.07, 6.45) is 0. The molecule has 7 heteroatoms. The lowest BCUT2D eigenvalue weighted by atomic mass is 10.1. The summed E-state index contributed by atoms with van der Waals surface area (Å²) < 4.78 is 25.5. The minimum absolute atomic E-state index is 0.161. The molecule has 0 aliphatic rings. The zero-order valence-electron chi connectivity index (χ0n) is 12.0. The van der Waals surface area contributed by atoms with E-state index >= 15 is 0 Å². The number of hydrogen-bond donors (Lipinski definition) is 2. The highest BCUT2D eigenvalue weighted by Gasteiger charge is 2.25. The highest BCUT2D eigenvalue weighted by Crippen LogP contribution is 2.13. The van der Waals surface area contributed by atoms with Crippen LogP contribution in [-0.4, -0.2) is 44.3 Å². The van der Waals surface area contributed by atoms with Crippen molar-refractivity contribution in [1.82, 2.24) is 9.62 Å². The van der Waals surface area contributed by atoms with E-state index in [4.69, 9.17) is 5.73 Å². The number of carbonyl (C=O) groups is 1. The lowest BCUT2D eigenvalue weighted by molar-refractivity contribution is -0.122. The molecule has 0 unspecified atom stereocenters. The first kappa shape index (κ1) is 16.6. The summed E-state index contributed by atoms with van der Waals surface area (Å²) in [6, 6.07) is 7.99. The van der Waals surface area contributed by atoms with Crippen molar-refractivity contribution in [3.05, 3.63) is 30.3 Å². The van der Waals surface area contributed by atoms with Crippen LogP contribution in [0.4, 0.5) is 0 Å². The molecule has 1 amide bonds. The van der Waals surface area contributed by atoms with E-state index in [0.29, 0.717) is 0 Å². The molecule has 6 nitrogen and oxygen atoms in total. The molecule has 0 bridgehead atoms. The molecule has 0 aliphatic carbocycles. The fourth-order valence-corrected chi connectivity index (χ4v) is 2.68. The van der Waals surface area contributed by atoms with Crippen LogP contribution in [0.3, 0.4) is 0 Å². The number of rotatable bonds is 6. The average Bonchev–Trinajstić information content (AvgIpc) is 2.39. The molecule has 3 N–H and O–H groups in total. The molecule has 1 aromatic carbocycles. The number of carbonyl (C=O) groups excluding carboxylic acids is 1. The van der Waals surface area contributed by atoms with E-state index in [1.807, 2.05) is 0 Å². The quantitative estimate of drug-likeness (QED) is 0.782. The summed E-state index contributed by atoms with van der Waals surface area (Å²) in [5.74, 6) is -0.387. The summed E-state index contributed by atoms with van der Waals surface area (Å²) in [5, 5.41) is 2.69. The fraction of sp³-hybridized carbons (Fsp3) is 0.462. The Bertz CT molecular complexity index is 555. The molecule has 1 aromatic rings. The SMILES string of the molecule is CN(CC(=O)NC(C)(C)CN)S(=O)(=O)c1ccccc1. The summed E-state index contributed by atoms with van der Waals surface area (Å²) in [7, 11) is -2.28. The second kappa shape index (κ2) is 6.34. The van der Waals surface area contributed by atoms with Crippen LogP contribution in [0.25, 0.3) is 0 Å². The maximum atomic E-state index is 12.2. The number of hydrogen-bond acceptors (Lipinski definition) is 4. The second-order valence-electron chi connectivity index (χ2n) is 5.21. The predicted molar refractivity (Wildman–Crippen MR) is 77.5 cm³/mol. The predicted octanol–water partition coefficient (Wildman–Crippen LogP) is 0.161. The van der Waals surface area contributed by atoms with E-state index in [2.05, 4.69) is 5.32 Å². The molecule has 20 heavy (non-hydrogen) atoms. The van der Waals surface area contributed by atoms with Gasteiger partial charge in [-0.25, -0.2) is 8.42 Å². The fourth-order valence-electron chi connectivity index (χ4n) is 1.53. The topological polar surface area (TPSA) is 92.5 Å². The summed E-state index contributed by atoms with van der Waals surface area (Å²) in [6.45, 7) is 3.57. The van der Waals surface area contributed by atoms with Crippen LogP contribution >= 0.6 is 0 Å². The van der Waals surface area contributed by atoms with Crippen molar-refractivity contribution in [2.75, 3.05) is 20.1 Å². The summed E-state index contributed by atoms with van der Waals surface area (Å²) in [4.78, 5) is 12.0. The molecule has 112 valence electrons. The van der Waals surface area contributed by atoms with Gasteiger partial charge in [-0.1, -0.05) is 18.2 Å². The van der Waals surface area contributed by atoms with Crippen LogP contribution in [-0.2, 0) is 14.8 Å². The van der Waals surface area contributed by atoms with E-state index in [1.54, 1.807) is 32.0 Å². The number of likely N-dealkylation sites (N-methyl/N-ethyl adjacent to an activating group) is 1. The third kappa shape index (κ3) is 4.29. The van der Waals surface area contributed by atoms with Crippen LogP contribution < -0.4 is 11.1 Å². The number of amides is 1. The van der Waals surface area contributed by atoms with Crippen molar-refractivity contribution < 1.29 is 13.2 Å². The van der Waals surface area contributed by atoms with Crippen LogP contribution in [0.15, 0.2) is 35.2 Å². The zero-order valence-corrected chi connectivity index (χ0v) is 12.8. The molecule has 0 radical (unpaired) electrons. The highest BCUT2D eigenvalue weighted by molar-refractivity contribution is 7.89. The Kier molecular flexibility index (Phi) is 5.27. The summed E-state index contributed by atoms with van der Waals surface area (Å²) >= 11 is 0. The molecule has 0 spiro atoms. The van der Waals surface area contributed by atoms with E-state index < -0.39 is 15.6 Å². The first-order valence-corrected chi connectivity index (χ1v) is 7.65. The molecule has 0 heterocycles. The van der Waals surface area contributed by atoms with Gasteiger partial charge >= 0.3 is 0 Å². The first-order valence-electron chi connectivity index (χ1n) is 6.21. The van der Waals surface area contributed by atoms with Gasteiger partial charge in [0, 0.05) is 19.1 Å². The van der Waals surface area contributed by atoms with Gasteiger partial charge in [-0.3, -0.25) is 4.79 Å². The van der Waals surface area contributed by atoms with Crippen LogP contribution in [0.5, 0.6) is 0 Å². The molecule has 0 fully saturated rings. The van der Waals surface area contributed by atoms with E-state index in [1.165, 1.54) is 19.2 Å². The van der Waals surface area contributed by atoms with Crippen molar-refractivity contribution in [3.8, 4) is 0 Å². The van der Waals surface area contributed by atoms with Gasteiger partial charge in [0.25, 0.3) is 0 Å². The molecule has 0 atom stereocenters. The van der Waals surface area contributed by atoms with E-state index in [9.17, 15) is 13.2 Å². The second-order valence-corrected chi connectivity index (χ2v) is 7.26. The van der Waals surface area contributed by atoms with Gasteiger partial charge in [0.15, 0.2) is 0 Å². The third-order valence-corrected chi connectivity index (χ3v) is 4.62. The Morgan fingerprint density at radius 3 is 2.35 bits per heavy atom. The Hall–Kier alpha value is -1.44. The van der Waals surface area contributed by atoms with Crippen molar-refractivity contribution in [2.45, 2.75) is 24.3 Å². The number of sulfonamides is 1. The third-order valence-electron chi connectivity index (χ3n) is 2.81. The molecule has 0 saturated heterocycles. The first-order chi connectivity index (χ1) is 9.19. The monoisotopic (exact) mass is 299 g/mol. The number of nitrogens with two attached hydrogens (primary N) is 1. The van der Waals surface area contributed by atoms with Gasteiger partial charge in [0.2, 0.25) is 15.9 Å². The van der Waals surface area contributed by atoms with Crippen LogP contribution in [0.1, 0.15) is 13.8 Å². The Labute approximate surface area is 120 Å². The normalized spacial score (nSPS) is 12.4. The number of nitrogens with one attached hydrogen (secondary N) is 1. The highest BCUT2D eigenvalue weighted by atomic mass is 32.2. The van der Waals surface area contributed by atoms with Gasteiger partial charge in [0.1, 0.15) is 0 Å². The number of nitrogens with zero attached hydrogens (tertiary/aromatic N) is 1. The van der Waals surface area contributed by atoms with Gasteiger partial charge in [-0.05, 0) is 26.0 Å². The van der Waals surface area contributed by atoms with Crippen molar-refractivity contribution in [1.29, 1.82) is 0 Å². The smallest absolute Gasteiger partial charge is 0.243 e. The minimum atomic E-state index is -3.66. The molecule has 0 aromatic heterocycles. The van der Waals surface area contributed by atoms with Crippen molar-refractivity contribution in [2.24, 2.45) is 5.73 Å². The van der Waals surface area contributed by atoms with Gasteiger partial charge in [0.05, 0.1) is 11.4 Å². The minimum Gasteiger partial charge on any atom is -0.349 e. The number of benzene rings is 1. The largest absolute Gasteiger partial charge is 0.349 e. The molecular weight excluding hydrogens is 278 g/mol. The maximum absolute atomic E-state index is 12.2. The zero-order chi connectivity index (χ0) is 15.4. The van der Waals surface area contributed by atoms with Gasteiger partial charge < -0.3 is 11.1 Å². The van der Waals surface area contributed by atoms with Crippen molar-refractivity contribution >= 4 is 15.9 Å². The molecule has 1 rings (SSSR count). The molecule has 0 saturated carbocycles. The Morgan fingerprint density at radius 1 is 1.30 bits per heavy atom. The Morgan fingerprint density at radius 2 is 1.85 bits per heavy atom. The molecule has 0 aliphatic heterocycles. The summed E-state index contributed by atoms with van der Waals surface area (Å²) in [5.41, 5.74) is 4.95. The van der Waals surface area contributed by atoms with E-state index in [-0.39, 0.29) is 23.9 Å². The molecular formula is C13H21N3O3S. The van der Waals surface area contributed by atoms with E-state index in [0.717, 1.165) is 4.31 Å². The lowest BCUT2D eigenvalue weighted by Gasteiger charge is -2.25. The maximum Gasteiger partial charge on any atom is 0.243 e. The van der Waals surface area contributed by atoms with Crippen molar-refractivity contribution in [3.63, 3.8) is 0 Å². The van der Waals surface area contributed by atoms with Crippen LogP contribution in [0, 0.1) is 0 Å². The standard InChI is InChI=1S/C13H21N3O3S/c1-13(2,10-14)15-12(17)9-16(3)20(18,19)11-7-5-4-6-8-11/h4-8H,9-10,14H2,1-3H3,(H,15,17).